The normalized spacial score (nSPS) is 22.6. The van der Waals surface area contributed by atoms with Gasteiger partial charge in [-0.15, -0.1) is 0 Å². The molecule has 4 heteroatoms. The van der Waals surface area contributed by atoms with Gasteiger partial charge in [-0.05, 0) is 24.5 Å². The summed E-state index contributed by atoms with van der Waals surface area (Å²) in [7, 11) is 1.82. The lowest BCUT2D eigenvalue weighted by atomic mass is 10.3. The van der Waals surface area contributed by atoms with Crippen LogP contribution in [-0.4, -0.2) is 24.0 Å². The van der Waals surface area contributed by atoms with Crippen molar-refractivity contribution in [1.29, 1.82) is 0 Å². The maximum atomic E-state index is 11.8. The molecule has 2 unspecified atom stereocenters. The third-order valence-corrected chi connectivity index (χ3v) is 3.04. The van der Waals surface area contributed by atoms with Crippen LogP contribution in [0.1, 0.15) is 30.3 Å². The molecule has 1 aromatic rings. The SMILES string of the molecule is CCC1CC1NC(=O)c1cc(NC)ccn1. The number of pyridine rings is 1. The first-order valence-electron chi connectivity index (χ1n) is 5.69. The summed E-state index contributed by atoms with van der Waals surface area (Å²) in [5, 5.41) is 5.98. The molecule has 0 saturated heterocycles. The molecule has 0 radical (unpaired) electrons. The first kappa shape index (κ1) is 10.9. The first-order valence-corrected chi connectivity index (χ1v) is 5.69. The second-order valence-corrected chi connectivity index (χ2v) is 4.16. The van der Waals surface area contributed by atoms with Crippen LogP contribution in [0.4, 0.5) is 5.69 Å². The average molecular weight is 219 g/mol. The van der Waals surface area contributed by atoms with Gasteiger partial charge in [-0.2, -0.15) is 0 Å². The van der Waals surface area contributed by atoms with Gasteiger partial charge in [0.05, 0.1) is 0 Å². The monoisotopic (exact) mass is 219 g/mol. The van der Waals surface area contributed by atoms with E-state index in [4.69, 9.17) is 0 Å². The molecule has 1 heterocycles. The summed E-state index contributed by atoms with van der Waals surface area (Å²) in [6.07, 6.45) is 3.88. The molecule has 2 N–H and O–H groups in total. The average Bonchev–Trinajstić information content (AvgIpc) is 3.07. The van der Waals surface area contributed by atoms with E-state index in [1.165, 1.54) is 0 Å². The number of amides is 1. The molecule has 0 aliphatic heterocycles. The molecule has 1 aromatic heterocycles. The zero-order valence-electron chi connectivity index (χ0n) is 9.66. The number of anilines is 1. The highest BCUT2D eigenvalue weighted by Crippen LogP contribution is 2.33. The minimum atomic E-state index is -0.0712. The number of nitrogens with zero attached hydrogens (tertiary/aromatic N) is 1. The van der Waals surface area contributed by atoms with E-state index < -0.39 is 0 Å². The van der Waals surface area contributed by atoms with Crippen LogP contribution in [0.25, 0.3) is 0 Å². The van der Waals surface area contributed by atoms with E-state index in [9.17, 15) is 4.79 Å². The standard InChI is InChI=1S/C12H17N3O/c1-3-8-6-10(8)15-12(16)11-7-9(13-2)4-5-14-11/h4-5,7-8,10H,3,6H2,1-2H3,(H,13,14)(H,15,16). The molecule has 0 spiro atoms. The summed E-state index contributed by atoms with van der Waals surface area (Å²) in [5.41, 5.74) is 1.39. The lowest BCUT2D eigenvalue weighted by molar-refractivity contribution is 0.0944. The summed E-state index contributed by atoms with van der Waals surface area (Å²) in [5.74, 6) is 0.592. The number of aromatic nitrogens is 1. The maximum absolute atomic E-state index is 11.8. The lowest BCUT2D eigenvalue weighted by Gasteiger charge is -2.05. The summed E-state index contributed by atoms with van der Waals surface area (Å²) >= 11 is 0. The van der Waals surface area contributed by atoms with Crippen molar-refractivity contribution in [2.45, 2.75) is 25.8 Å². The molecule has 4 nitrogen and oxygen atoms in total. The number of hydrogen-bond donors (Lipinski definition) is 2. The smallest absolute Gasteiger partial charge is 0.270 e. The minimum absolute atomic E-state index is 0.0712. The third kappa shape index (κ3) is 2.32. The van der Waals surface area contributed by atoms with E-state index in [0.717, 1.165) is 18.5 Å². The topological polar surface area (TPSA) is 54.0 Å². The van der Waals surface area contributed by atoms with Crippen molar-refractivity contribution in [3.8, 4) is 0 Å². The third-order valence-electron chi connectivity index (χ3n) is 3.04. The summed E-state index contributed by atoms with van der Waals surface area (Å²) < 4.78 is 0. The van der Waals surface area contributed by atoms with Gasteiger partial charge in [-0.25, -0.2) is 0 Å². The molecule has 86 valence electrons. The zero-order chi connectivity index (χ0) is 11.5. The van der Waals surface area contributed by atoms with Gasteiger partial charge in [0.1, 0.15) is 5.69 Å². The Bertz CT molecular complexity index is 392. The first-order chi connectivity index (χ1) is 7.74. The number of hydrogen-bond acceptors (Lipinski definition) is 3. The predicted octanol–water partition coefficient (Wildman–Crippen LogP) is 1.65. The highest BCUT2D eigenvalue weighted by Gasteiger charge is 2.36. The predicted molar refractivity (Wildman–Crippen MR) is 63.4 cm³/mol. The quantitative estimate of drug-likeness (QED) is 0.809. The van der Waals surface area contributed by atoms with Gasteiger partial charge in [0.2, 0.25) is 0 Å². The van der Waals surface area contributed by atoms with Crippen LogP contribution in [0.5, 0.6) is 0 Å². The molecule has 0 aromatic carbocycles. The van der Waals surface area contributed by atoms with Crippen LogP contribution in [0, 0.1) is 5.92 Å². The van der Waals surface area contributed by atoms with Gasteiger partial charge >= 0.3 is 0 Å². The maximum Gasteiger partial charge on any atom is 0.270 e. The Morgan fingerprint density at radius 2 is 2.44 bits per heavy atom. The second kappa shape index (κ2) is 4.51. The van der Waals surface area contributed by atoms with Crippen LogP contribution in [-0.2, 0) is 0 Å². The Kier molecular flexibility index (Phi) is 3.08. The summed E-state index contributed by atoms with van der Waals surface area (Å²) in [6.45, 7) is 2.15. The Balaban J connectivity index is 1.98. The summed E-state index contributed by atoms with van der Waals surface area (Å²) in [6, 6.07) is 3.96. The fourth-order valence-electron chi connectivity index (χ4n) is 1.83. The minimum Gasteiger partial charge on any atom is -0.388 e. The van der Waals surface area contributed by atoms with Crippen molar-refractivity contribution in [2.75, 3.05) is 12.4 Å². The van der Waals surface area contributed by atoms with Crippen molar-refractivity contribution in [3.63, 3.8) is 0 Å². The molecule has 0 bridgehead atoms. The van der Waals surface area contributed by atoms with Gasteiger partial charge in [-0.1, -0.05) is 13.3 Å². The van der Waals surface area contributed by atoms with Gasteiger partial charge in [0, 0.05) is 25.0 Å². The van der Waals surface area contributed by atoms with E-state index in [1.54, 1.807) is 12.3 Å². The lowest BCUT2D eigenvalue weighted by Crippen LogP contribution is -2.27. The van der Waals surface area contributed by atoms with Crippen molar-refractivity contribution in [3.05, 3.63) is 24.0 Å². The van der Waals surface area contributed by atoms with E-state index in [0.29, 0.717) is 17.7 Å². The van der Waals surface area contributed by atoms with E-state index in [1.807, 2.05) is 13.1 Å². The van der Waals surface area contributed by atoms with Gasteiger partial charge in [0.25, 0.3) is 5.91 Å². The molecular formula is C12H17N3O. The molecule has 1 amide bonds. The van der Waals surface area contributed by atoms with Crippen LogP contribution in [0.2, 0.25) is 0 Å². The molecule has 1 aliphatic rings. The fraction of sp³-hybridized carbons (Fsp3) is 0.500. The zero-order valence-corrected chi connectivity index (χ0v) is 9.66. The van der Waals surface area contributed by atoms with Crippen molar-refractivity contribution >= 4 is 11.6 Å². The Hall–Kier alpha value is -1.58. The van der Waals surface area contributed by atoms with Gasteiger partial charge in [0.15, 0.2) is 0 Å². The van der Waals surface area contributed by atoms with Crippen molar-refractivity contribution in [2.24, 2.45) is 5.92 Å². The van der Waals surface area contributed by atoms with Crippen LogP contribution < -0.4 is 10.6 Å². The Morgan fingerprint density at radius 3 is 3.06 bits per heavy atom. The fourth-order valence-corrected chi connectivity index (χ4v) is 1.83. The van der Waals surface area contributed by atoms with Crippen molar-refractivity contribution in [1.82, 2.24) is 10.3 Å². The highest BCUT2D eigenvalue weighted by atomic mass is 16.2. The van der Waals surface area contributed by atoms with Gasteiger partial charge < -0.3 is 10.6 Å². The molecule has 2 rings (SSSR count). The van der Waals surface area contributed by atoms with E-state index in [2.05, 4.69) is 22.5 Å². The van der Waals surface area contributed by atoms with Crippen LogP contribution in [0.3, 0.4) is 0 Å². The molecule has 16 heavy (non-hydrogen) atoms. The largest absolute Gasteiger partial charge is 0.388 e. The molecular weight excluding hydrogens is 202 g/mol. The molecule has 2 atom stereocenters. The highest BCUT2D eigenvalue weighted by molar-refractivity contribution is 5.93. The molecule has 1 fully saturated rings. The van der Waals surface area contributed by atoms with Gasteiger partial charge in [-0.3, -0.25) is 9.78 Å². The molecule has 1 aliphatic carbocycles. The summed E-state index contributed by atoms with van der Waals surface area (Å²) in [4.78, 5) is 15.9. The number of carbonyl (C=O) groups excluding carboxylic acids is 1. The van der Waals surface area contributed by atoms with E-state index >= 15 is 0 Å². The number of nitrogens with one attached hydrogen (secondary N) is 2. The van der Waals surface area contributed by atoms with Crippen molar-refractivity contribution < 1.29 is 4.79 Å². The van der Waals surface area contributed by atoms with Crippen LogP contribution >= 0.6 is 0 Å². The Labute approximate surface area is 95.5 Å². The van der Waals surface area contributed by atoms with Crippen LogP contribution in [0.15, 0.2) is 18.3 Å². The number of carbonyl (C=O) groups is 1. The Morgan fingerprint density at radius 1 is 1.62 bits per heavy atom. The molecule has 1 saturated carbocycles. The van der Waals surface area contributed by atoms with E-state index in [-0.39, 0.29) is 5.91 Å². The second-order valence-electron chi connectivity index (χ2n) is 4.16. The number of rotatable bonds is 4.